The van der Waals surface area contributed by atoms with Crippen molar-refractivity contribution in [1.29, 1.82) is 0 Å². The number of carbonyl (C=O) groups excluding carboxylic acids is 1. The lowest BCUT2D eigenvalue weighted by atomic mass is 10.1. The van der Waals surface area contributed by atoms with Crippen LogP contribution in [-0.4, -0.2) is 34.5 Å². The maximum absolute atomic E-state index is 14.3. The summed E-state index contributed by atoms with van der Waals surface area (Å²) in [5.74, 6) is -1.63. The Labute approximate surface area is 168 Å². The summed E-state index contributed by atoms with van der Waals surface area (Å²) in [6, 6.07) is 7.26. The van der Waals surface area contributed by atoms with Crippen molar-refractivity contribution in [3.8, 4) is 5.75 Å². The van der Waals surface area contributed by atoms with Crippen LogP contribution in [0, 0.1) is 5.82 Å². The van der Waals surface area contributed by atoms with Crippen LogP contribution in [-0.2, 0) is 15.7 Å². The Balaban J connectivity index is 1.80. The number of carbonyl (C=O) groups is 1. The number of nitrogens with one attached hydrogen (secondary N) is 1. The van der Waals surface area contributed by atoms with Gasteiger partial charge in [0.1, 0.15) is 10.7 Å². The molecule has 1 fully saturated rings. The standard InChI is InChI=1S/C19H18ClFN2O4S/c20-14-8-11-9-17(18(14)24)28(26)22-16-10-13(3-4-15(16)21)23-6-1-2-12(23)5-7-27-19(11)25/h3-4,8-10,12,22,24H,1-2,5-7H2/t12-,28?/m1/s1. The van der Waals surface area contributed by atoms with E-state index in [9.17, 15) is 18.5 Å². The molecule has 2 N–H and O–H groups in total. The highest BCUT2D eigenvalue weighted by molar-refractivity contribution is 7.86. The van der Waals surface area contributed by atoms with Gasteiger partial charge in [0.2, 0.25) is 0 Å². The number of benzene rings is 2. The van der Waals surface area contributed by atoms with Gasteiger partial charge in [0.05, 0.1) is 22.9 Å². The van der Waals surface area contributed by atoms with Gasteiger partial charge in [-0.05, 0) is 43.2 Å². The van der Waals surface area contributed by atoms with Gasteiger partial charge in [0.25, 0.3) is 0 Å². The second kappa shape index (κ2) is 7.60. The number of ether oxygens (including phenoxy) is 1. The summed E-state index contributed by atoms with van der Waals surface area (Å²) < 4.78 is 35.0. The number of phenols is 1. The third-order valence-corrected chi connectivity index (χ3v) is 6.41. The molecule has 148 valence electrons. The Morgan fingerprint density at radius 2 is 2.11 bits per heavy atom. The molecular formula is C19H18ClFN2O4S. The Bertz CT molecular complexity index is 971. The topological polar surface area (TPSA) is 78.9 Å². The van der Waals surface area contributed by atoms with Crippen LogP contribution in [0.15, 0.2) is 35.2 Å². The molecular weight excluding hydrogens is 407 g/mol. The lowest BCUT2D eigenvalue weighted by molar-refractivity contribution is 0.0493. The second-order valence-corrected chi connectivity index (χ2v) is 8.34. The Hall–Kier alpha value is -2.32. The summed E-state index contributed by atoms with van der Waals surface area (Å²) in [6.45, 7) is 1.02. The van der Waals surface area contributed by atoms with Crippen molar-refractivity contribution < 1.29 is 23.2 Å². The van der Waals surface area contributed by atoms with Gasteiger partial charge in [-0.1, -0.05) is 11.6 Å². The van der Waals surface area contributed by atoms with Crippen molar-refractivity contribution in [2.45, 2.75) is 30.2 Å². The van der Waals surface area contributed by atoms with E-state index in [1.165, 1.54) is 18.2 Å². The van der Waals surface area contributed by atoms with E-state index in [0.717, 1.165) is 25.1 Å². The highest BCUT2D eigenvalue weighted by Gasteiger charge is 2.27. The number of phenolic OH excluding ortho intramolecular Hbond substituents is 1. The van der Waals surface area contributed by atoms with Crippen molar-refractivity contribution in [2.75, 3.05) is 22.8 Å². The molecule has 0 saturated carbocycles. The molecule has 0 spiro atoms. The largest absolute Gasteiger partial charge is 0.505 e. The van der Waals surface area contributed by atoms with Crippen LogP contribution in [0.25, 0.3) is 0 Å². The minimum atomic E-state index is -2.05. The zero-order valence-corrected chi connectivity index (χ0v) is 16.4. The van der Waals surface area contributed by atoms with Crippen LogP contribution < -0.4 is 9.62 Å². The predicted molar refractivity (Wildman–Crippen MR) is 105 cm³/mol. The SMILES string of the molecule is O=C1OCC[C@H]2CCCN2c2ccc(F)c(c2)NS(=O)c2cc1cc(Cl)c2O. The molecule has 2 aromatic carbocycles. The fourth-order valence-corrected chi connectivity index (χ4v) is 4.87. The van der Waals surface area contributed by atoms with Gasteiger partial charge >= 0.3 is 5.97 Å². The average molecular weight is 425 g/mol. The highest BCUT2D eigenvalue weighted by Crippen LogP contribution is 2.35. The number of hydrogen-bond donors (Lipinski definition) is 2. The van der Waals surface area contributed by atoms with Crippen molar-refractivity contribution in [2.24, 2.45) is 0 Å². The van der Waals surface area contributed by atoms with Crippen LogP contribution in [0.2, 0.25) is 5.02 Å². The first-order valence-corrected chi connectivity index (χ1v) is 10.4. The summed E-state index contributed by atoms with van der Waals surface area (Å²) in [7, 11) is -2.05. The van der Waals surface area contributed by atoms with Crippen LogP contribution in [0.4, 0.5) is 15.8 Å². The maximum atomic E-state index is 14.3. The normalized spacial score (nSPS) is 22.1. The molecule has 6 nitrogen and oxygen atoms in total. The average Bonchev–Trinajstić information content (AvgIpc) is 3.13. The lowest BCUT2D eigenvalue weighted by Gasteiger charge is -2.27. The van der Waals surface area contributed by atoms with Gasteiger partial charge in [-0.15, -0.1) is 0 Å². The first-order valence-electron chi connectivity index (χ1n) is 8.88. The summed E-state index contributed by atoms with van der Waals surface area (Å²) in [5.41, 5.74) is 0.910. The Kier molecular flexibility index (Phi) is 5.16. The first-order chi connectivity index (χ1) is 13.4. The Morgan fingerprint density at radius 3 is 2.93 bits per heavy atom. The quantitative estimate of drug-likeness (QED) is 0.628. The van der Waals surface area contributed by atoms with Crippen LogP contribution in [0.1, 0.15) is 29.6 Å². The number of halogens is 2. The molecule has 2 atom stereocenters. The highest BCUT2D eigenvalue weighted by atomic mass is 35.5. The number of cyclic esters (lactones) is 1. The van der Waals surface area contributed by atoms with Crippen LogP contribution >= 0.6 is 11.6 Å². The number of hydrogen-bond acceptors (Lipinski definition) is 5. The molecule has 0 aliphatic carbocycles. The number of nitrogens with zero attached hydrogens (tertiary/aromatic N) is 1. The predicted octanol–water partition coefficient (Wildman–Crippen LogP) is 3.85. The molecule has 1 unspecified atom stereocenters. The van der Waals surface area contributed by atoms with E-state index in [1.54, 1.807) is 12.1 Å². The molecule has 0 radical (unpaired) electrons. The van der Waals surface area contributed by atoms with E-state index in [4.69, 9.17) is 16.3 Å². The number of aromatic hydroxyl groups is 1. The summed E-state index contributed by atoms with van der Waals surface area (Å²) in [6.07, 6.45) is 2.56. The van der Waals surface area contributed by atoms with Crippen molar-refractivity contribution in [3.63, 3.8) is 0 Å². The second-order valence-electron chi connectivity index (χ2n) is 6.75. The minimum absolute atomic E-state index is 0.0436. The zero-order valence-electron chi connectivity index (χ0n) is 14.8. The molecule has 4 bridgehead atoms. The van der Waals surface area contributed by atoms with E-state index in [0.29, 0.717) is 6.42 Å². The molecule has 2 heterocycles. The van der Waals surface area contributed by atoms with Crippen molar-refractivity contribution in [3.05, 3.63) is 46.7 Å². The number of fused-ring (bicyclic) bond motifs is 6. The number of esters is 1. The van der Waals surface area contributed by atoms with Crippen LogP contribution in [0.5, 0.6) is 5.75 Å². The van der Waals surface area contributed by atoms with E-state index >= 15 is 0 Å². The molecule has 28 heavy (non-hydrogen) atoms. The third kappa shape index (κ3) is 3.54. The van der Waals surface area contributed by atoms with E-state index in [2.05, 4.69) is 9.62 Å². The van der Waals surface area contributed by atoms with E-state index in [-0.39, 0.29) is 33.8 Å². The van der Waals surface area contributed by atoms with Crippen molar-refractivity contribution >= 4 is 39.9 Å². The molecule has 4 rings (SSSR count). The van der Waals surface area contributed by atoms with Gasteiger partial charge in [0, 0.05) is 24.7 Å². The fraction of sp³-hybridized carbons (Fsp3) is 0.316. The summed E-state index contributed by atoms with van der Waals surface area (Å²) >= 11 is 5.98. The maximum Gasteiger partial charge on any atom is 0.338 e. The van der Waals surface area contributed by atoms with Gasteiger partial charge in [-0.25, -0.2) is 13.4 Å². The number of anilines is 2. The summed E-state index contributed by atoms with van der Waals surface area (Å²) in [4.78, 5) is 14.4. The molecule has 9 heteroatoms. The molecule has 0 aromatic heterocycles. The molecule has 2 aliphatic rings. The Morgan fingerprint density at radius 1 is 1.29 bits per heavy atom. The smallest absolute Gasteiger partial charge is 0.338 e. The molecule has 2 aliphatic heterocycles. The van der Waals surface area contributed by atoms with Gasteiger partial charge < -0.3 is 14.7 Å². The van der Waals surface area contributed by atoms with E-state index < -0.39 is 28.5 Å². The lowest BCUT2D eigenvalue weighted by Crippen LogP contribution is -2.30. The van der Waals surface area contributed by atoms with Gasteiger partial charge in [-0.2, -0.15) is 0 Å². The third-order valence-electron chi connectivity index (χ3n) is 5.01. The molecule has 1 saturated heterocycles. The minimum Gasteiger partial charge on any atom is -0.505 e. The van der Waals surface area contributed by atoms with Crippen LogP contribution in [0.3, 0.4) is 0 Å². The van der Waals surface area contributed by atoms with Gasteiger partial charge in [0.15, 0.2) is 16.7 Å². The first kappa shape index (κ1) is 19.0. The fourth-order valence-electron chi connectivity index (χ4n) is 3.60. The summed E-state index contributed by atoms with van der Waals surface area (Å²) in [5, 5.41) is 10.0. The van der Waals surface area contributed by atoms with Gasteiger partial charge in [-0.3, -0.25) is 4.72 Å². The monoisotopic (exact) mass is 424 g/mol. The number of rotatable bonds is 0. The van der Waals surface area contributed by atoms with E-state index in [1.807, 2.05) is 0 Å². The molecule has 0 amide bonds. The molecule has 2 aromatic rings. The zero-order chi connectivity index (χ0) is 19.8. The van der Waals surface area contributed by atoms with Crippen molar-refractivity contribution in [1.82, 2.24) is 0 Å².